The number of nitrogens with one attached hydrogen (secondary N) is 1. The highest BCUT2D eigenvalue weighted by atomic mass is 32.2. The van der Waals surface area contributed by atoms with E-state index in [9.17, 15) is 22.5 Å². The van der Waals surface area contributed by atoms with Gasteiger partial charge in [0.05, 0.1) is 18.2 Å². The molecule has 2 aromatic rings. The molecular formula is C15H13F3N2O4S. The fourth-order valence-electron chi connectivity index (χ4n) is 1.94. The largest absolute Gasteiger partial charge is 0.588 e. The molecular weight excluding hydrogens is 361 g/mol. The van der Waals surface area contributed by atoms with Crippen LogP contribution in [0.4, 0.5) is 18.9 Å². The fourth-order valence-corrected chi connectivity index (χ4v) is 2.88. The number of hydrogen-bond donors (Lipinski definition) is 2. The van der Waals surface area contributed by atoms with Crippen LogP contribution in [0.1, 0.15) is 21.5 Å². The van der Waals surface area contributed by atoms with Crippen LogP contribution in [0.2, 0.25) is 0 Å². The van der Waals surface area contributed by atoms with Crippen LogP contribution in [0.5, 0.6) is 5.88 Å². The summed E-state index contributed by atoms with van der Waals surface area (Å²) in [5, 5.41) is 8.97. The number of ether oxygens (including phenoxy) is 1. The van der Waals surface area contributed by atoms with Crippen LogP contribution in [0, 0.1) is 6.92 Å². The molecule has 1 aromatic heterocycles. The molecule has 0 fully saturated rings. The third-order valence-corrected chi connectivity index (χ3v) is 4.15. The maximum atomic E-state index is 12.9. The minimum absolute atomic E-state index is 0.101. The number of methoxy groups -OCH3 is 1. The maximum Gasteiger partial charge on any atom is 0.416 e. The molecule has 0 aliphatic rings. The molecule has 2 N–H and O–H groups in total. The number of carbonyl (C=O) groups is 1. The number of rotatable bonds is 5. The molecule has 0 saturated carbocycles. The van der Waals surface area contributed by atoms with Gasteiger partial charge in [-0.1, -0.05) is 0 Å². The van der Waals surface area contributed by atoms with Gasteiger partial charge < -0.3 is 14.4 Å². The number of benzene rings is 1. The predicted molar refractivity (Wildman–Crippen MR) is 84.0 cm³/mol. The Morgan fingerprint density at radius 2 is 2.00 bits per heavy atom. The van der Waals surface area contributed by atoms with Crippen LogP contribution in [0.15, 0.2) is 35.4 Å². The summed E-state index contributed by atoms with van der Waals surface area (Å²) in [6.45, 7) is 1.72. The Hall–Kier alpha value is -2.46. The lowest BCUT2D eigenvalue weighted by atomic mass is 10.1. The number of aromatic nitrogens is 1. The van der Waals surface area contributed by atoms with E-state index in [0.717, 1.165) is 6.07 Å². The number of carboxylic acid groups (broad SMARTS) is 1. The van der Waals surface area contributed by atoms with Crippen molar-refractivity contribution in [3.8, 4) is 5.88 Å². The Labute approximate surface area is 144 Å². The topological polar surface area (TPSA) is 94.5 Å². The monoisotopic (exact) mass is 374 g/mol. The van der Waals surface area contributed by atoms with Gasteiger partial charge in [-0.25, -0.2) is 9.78 Å². The quantitative estimate of drug-likeness (QED) is 0.780. The summed E-state index contributed by atoms with van der Waals surface area (Å²) in [5.41, 5.74) is -0.910. The Morgan fingerprint density at radius 1 is 1.32 bits per heavy atom. The third kappa shape index (κ3) is 4.54. The molecule has 6 nitrogen and oxygen atoms in total. The van der Waals surface area contributed by atoms with Gasteiger partial charge in [0.2, 0.25) is 5.88 Å². The summed E-state index contributed by atoms with van der Waals surface area (Å²) in [6, 6.07) is 3.58. The van der Waals surface area contributed by atoms with E-state index in [1.165, 1.54) is 13.3 Å². The van der Waals surface area contributed by atoms with E-state index >= 15 is 0 Å². The van der Waals surface area contributed by atoms with Crippen molar-refractivity contribution < 1.29 is 32.4 Å². The average molecular weight is 374 g/mol. The number of nitrogens with zero attached hydrogens (tertiary/aromatic N) is 1. The standard InChI is InChI=1S/C15H13F3N2O4S/c1-8-3-12(13(24-2)19-7-8)20-25(23)11-5-9(14(21)22)4-10(6-11)15(16,17)18/h3-7,20H,1-2H3,(H,21,22). The minimum Gasteiger partial charge on any atom is -0.588 e. The number of halogens is 3. The molecule has 25 heavy (non-hydrogen) atoms. The van der Waals surface area contributed by atoms with Gasteiger partial charge in [0, 0.05) is 18.3 Å². The molecule has 2 rings (SSSR count). The summed E-state index contributed by atoms with van der Waals surface area (Å²) >= 11 is -2.16. The van der Waals surface area contributed by atoms with E-state index in [1.54, 1.807) is 13.0 Å². The van der Waals surface area contributed by atoms with Crippen molar-refractivity contribution in [3.63, 3.8) is 0 Å². The first kappa shape index (κ1) is 18.9. The molecule has 134 valence electrons. The van der Waals surface area contributed by atoms with Crippen LogP contribution in [0.25, 0.3) is 0 Å². The van der Waals surface area contributed by atoms with E-state index in [-0.39, 0.29) is 16.5 Å². The molecule has 1 unspecified atom stereocenters. The minimum atomic E-state index is -4.77. The molecule has 0 aliphatic heterocycles. The molecule has 10 heteroatoms. The van der Waals surface area contributed by atoms with E-state index in [4.69, 9.17) is 9.84 Å². The number of anilines is 1. The van der Waals surface area contributed by atoms with Crippen molar-refractivity contribution in [2.75, 3.05) is 11.8 Å². The third-order valence-electron chi connectivity index (χ3n) is 3.08. The normalized spacial score (nSPS) is 12.6. The molecule has 0 saturated heterocycles. The molecule has 0 radical (unpaired) electrons. The number of aryl methyl sites for hydroxylation is 1. The van der Waals surface area contributed by atoms with Gasteiger partial charge in [-0.3, -0.25) is 0 Å². The highest BCUT2D eigenvalue weighted by Crippen LogP contribution is 2.33. The Kier molecular flexibility index (Phi) is 5.43. The van der Waals surface area contributed by atoms with Crippen molar-refractivity contribution in [1.82, 2.24) is 4.98 Å². The number of hydrogen-bond acceptors (Lipinski definition) is 5. The Bertz CT molecular complexity index is 799. The van der Waals surface area contributed by atoms with Gasteiger partial charge in [0.1, 0.15) is 17.0 Å². The van der Waals surface area contributed by atoms with E-state index in [2.05, 4.69) is 9.71 Å². The number of alkyl halides is 3. The van der Waals surface area contributed by atoms with Crippen LogP contribution < -0.4 is 9.46 Å². The molecule has 0 spiro atoms. The molecule has 1 aromatic carbocycles. The van der Waals surface area contributed by atoms with Crippen LogP contribution in [-0.4, -0.2) is 27.7 Å². The lowest BCUT2D eigenvalue weighted by molar-refractivity contribution is -0.137. The zero-order chi connectivity index (χ0) is 18.8. The van der Waals surface area contributed by atoms with Crippen LogP contribution >= 0.6 is 0 Å². The summed E-state index contributed by atoms with van der Waals surface area (Å²) in [6.07, 6.45) is -3.27. The van der Waals surface area contributed by atoms with Crippen molar-refractivity contribution in [2.24, 2.45) is 0 Å². The highest BCUT2D eigenvalue weighted by Gasteiger charge is 2.33. The summed E-state index contributed by atoms with van der Waals surface area (Å²) in [5.74, 6) is -1.46. The summed E-state index contributed by atoms with van der Waals surface area (Å²) in [4.78, 5) is 14.7. The van der Waals surface area contributed by atoms with Gasteiger partial charge in [0.15, 0.2) is 4.90 Å². The van der Waals surface area contributed by atoms with Crippen LogP contribution in [0.3, 0.4) is 0 Å². The Morgan fingerprint density at radius 3 is 2.56 bits per heavy atom. The number of pyridine rings is 1. The first-order valence-corrected chi connectivity index (χ1v) is 7.91. The van der Waals surface area contributed by atoms with Crippen LogP contribution in [-0.2, 0) is 17.5 Å². The zero-order valence-corrected chi connectivity index (χ0v) is 13.9. The summed E-state index contributed by atoms with van der Waals surface area (Å²) < 4.78 is 58.7. The molecule has 1 heterocycles. The predicted octanol–water partition coefficient (Wildman–Crippen LogP) is 3.25. The van der Waals surface area contributed by atoms with Crippen molar-refractivity contribution in [1.29, 1.82) is 0 Å². The van der Waals surface area contributed by atoms with Gasteiger partial charge in [-0.15, -0.1) is 0 Å². The second-order valence-electron chi connectivity index (χ2n) is 4.99. The van der Waals surface area contributed by atoms with Gasteiger partial charge >= 0.3 is 12.1 Å². The van der Waals surface area contributed by atoms with Gasteiger partial charge in [-0.05, 0) is 24.6 Å². The number of carboxylic acids is 1. The highest BCUT2D eigenvalue weighted by molar-refractivity contribution is 7.92. The van der Waals surface area contributed by atoms with Gasteiger partial charge in [-0.2, -0.15) is 17.9 Å². The first-order chi connectivity index (χ1) is 11.6. The SMILES string of the molecule is COc1ncc(C)cc1N[S+]([O-])c1cc(C(=O)O)cc(C(F)(F)F)c1. The zero-order valence-electron chi connectivity index (χ0n) is 13.0. The lowest BCUT2D eigenvalue weighted by Gasteiger charge is -2.15. The maximum absolute atomic E-state index is 12.9. The van der Waals surface area contributed by atoms with Crippen molar-refractivity contribution >= 4 is 23.0 Å². The molecule has 1 atom stereocenters. The van der Waals surface area contributed by atoms with E-state index in [0.29, 0.717) is 17.7 Å². The van der Waals surface area contributed by atoms with Crippen molar-refractivity contribution in [3.05, 3.63) is 47.2 Å². The Balaban J connectivity index is 2.42. The fraction of sp³-hybridized carbons (Fsp3) is 0.200. The average Bonchev–Trinajstić information content (AvgIpc) is 2.53. The molecule has 0 amide bonds. The number of aromatic carboxylic acids is 1. The van der Waals surface area contributed by atoms with Gasteiger partial charge in [0.25, 0.3) is 0 Å². The smallest absolute Gasteiger partial charge is 0.416 e. The summed E-state index contributed by atoms with van der Waals surface area (Å²) in [7, 11) is 1.33. The first-order valence-electron chi connectivity index (χ1n) is 6.76. The van der Waals surface area contributed by atoms with E-state index < -0.39 is 34.6 Å². The van der Waals surface area contributed by atoms with E-state index in [1.807, 2.05) is 0 Å². The molecule has 0 bridgehead atoms. The molecule has 0 aliphatic carbocycles. The lowest BCUT2D eigenvalue weighted by Crippen LogP contribution is -2.17. The van der Waals surface area contributed by atoms with Crippen molar-refractivity contribution in [2.45, 2.75) is 18.0 Å². The second-order valence-corrected chi connectivity index (χ2v) is 6.20. The second kappa shape index (κ2) is 7.19.